The van der Waals surface area contributed by atoms with E-state index < -0.39 is 6.10 Å². The number of piperidine rings is 1. The number of rotatable bonds is 5. The van der Waals surface area contributed by atoms with Crippen LogP contribution in [0.25, 0.3) is 0 Å². The topological polar surface area (TPSA) is 52.7 Å². The van der Waals surface area contributed by atoms with Gasteiger partial charge in [0.1, 0.15) is 4.99 Å². The smallest absolute Gasteiger partial charge is 0.103 e. The highest BCUT2D eigenvalue weighted by atomic mass is 32.1. The summed E-state index contributed by atoms with van der Waals surface area (Å²) in [5.41, 5.74) is 7.35. The second-order valence-corrected chi connectivity index (χ2v) is 6.44. The van der Waals surface area contributed by atoms with Crippen molar-refractivity contribution in [2.75, 3.05) is 33.7 Å². The maximum atomic E-state index is 10.4. The van der Waals surface area contributed by atoms with E-state index >= 15 is 0 Å². The summed E-state index contributed by atoms with van der Waals surface area (Å²) in [5, 5.41) is 10.4. The minimum atomic E-state index is -0.457. The van der Waals surface area contributed by atoms with E-state index in [0.29, 0.717) is 17.6 Å². The van der Waals surface area contributed by atoms with Crippen LogP contribution >= 0.6 is 12.2 Å². The maximum Gasteiger partial charge on any atom is 0.103 e. The largest absolute Gasteiger partial charge is 0.389 e. The molecule has 0 radical (unpaired) electrons. The van der Waals surface area contributed by atoms with Crippen molar-refractivity contribution in [2.45, 2.75) is 25.0 Å². The average Bonchev–Trinajstić information content (AvgIpc) is 2.47. The SMILES string of the molecule is CN(C)C1CCN(CC(O)c2ccc(C(N)=S)cc2)CC1. The number of hydrogen-bond donors (Lipinski definition) is 2. The molecule has 1 unspecified atom stereocenters. The lowest BCUT2D eigenvalue weighted by atomic mass is 10.0. The van der Waals surface area contributed by atoms with Crippen LogP contribution in [0.5, 0.6) is 0 Å². The molecule has 0 aromatic heterocycles. The van der Waals surface area contributed by atoms with Crippen LogP contribution in [-0.4, -0.2) is 59.7 Å². The van der Waals surface area contributed by atoms with Gasteiger partial charge >= 0.3 is 0 Å². The zero-order valence-electron chi connectivity index (χ0n) is 12.8. The van der Waals surface area contributed by atoms with Crippen molar-refractivity contribution >= 4 is 17.2 Å². The number of aliphatic hydroxyl groups excluding tert-OH is 1. The Morgan fingerprint density at radius 1 is 1.33 bits per heavy atom. The first-order chi connectivity index (χ1) is 9.97. The highest BCUT2D eigenvalue weighted by Crippen LogP contribution is 2.19. The third-order valence-corrected chi connectivity index (χ3v) is 4.53. The van der Waals surface area contributed by atoms with Gasteiger partial charge < -0.3 is 20.6 Å². The number of aliphatic hydroxyl groups is 1. The normalized spacial score (nSPS) is 18.9. The van der Waals surface area contributed by atoms with Gasteiger partial charge in [-0.2, -0.15) is 0 Å². The van der Waals surface area contributed by atoms with E-state index in [0.717, 1.165) is 24.2 Å². The van der Waals surface area contributed by atoms with Gasteiger partial charge in [-0.1, -0.05) is 36.5 Å². The van der Waals surface area contributed by atoms with Crippen LogP contribution in [0.1, 0.15) is 30.1 Å². The van der Waals surface area contributed by atoms with Crippen molar-refractivity contribution in [3.8, 4) is 0 Å². The Morgan fingerprint density at radius 2 is 1.90 bits per heavy atom. The molecule has 5 heteroatoms. The number of hydrogen-bond acceptors (Lipinski definition) is 4. The van der Waals surface area contributed by atoms with Gasteiger partial charge in [0.25, 0.3) is 0 Å². The van der Waals surface area contributed by atoms with Gasteiger partial charge in [-0.05, 0) is 45.6 Å². The Labute approximate surface area is 132 Å². The van der Waals surface area contributed by atoms with E-state index in [1.807, 2.05) is 24.3 Å². The molecule has 1 aliphatic rings. The van der Waals surface area contributed by atoms with Crippen LogP contribution in [0.4, 0.5) is 0 Å². The Balaban J connectivity index is 1.87. The van der Waals surface area contributed by atoms with Crippen LogP contribution < -0.4 is 5.73 Å². The van der Waals surface area contributed by atoms with Gasteiger partial charge in [-0.15, -0.1) is 0 Å². The minimum Gasteiger partial charge on any atom is -0.389 e. The molecule has 0 amide bonds. The fourth-order valence-corrected chi connectivity index (χ4v) is 2.97. The molecule has 0 aliphatic carbocycles. The fourth-order valence-electron chi connectivity index (χ4n) is 2.84. The Bertz CT molecular complexity index is 467. The van der Waals surface area contributed by atoms with Crippen LogP contribution in [0, 0.1) is 0 Å². The lowest BCUT2D eigenvalue weighted by Crippen LogP contribution is -2.43. The molecule has 116 valence electrons. The van der Waals surface area contributed by atoms with Crippen molar-refractivity contribution in [1.82, 2.24) is 9.80 Å². The fraction of sp³-hybridized carbons (Fsp3) is 0.562. The average molecular weight is 307 g/mol. The predicted molar refractivity (Wildman–Crippen MR) is 90.4 cm³/mol. The zero-order chi connectivity index (χ0) is 15.4. The number of nitrogens with two attached hydrogens (primary N) is 1. The van der Waals surface area contributed by atoms with Crippen molar-refractivity contribution in [3.05, 3.63) is 35.4 Å². The third kappa shape index (κ3) is 4.48. The molecule has 2 rings (SSSR count). The van der Waals surface area contributed by atoms with Gasteiger partial charge in [-0.3, -0.25) is 0 Å². The second-order valence-electron chi connectivity index (χ2n) is 6.00. The van der Waals surface area contributed by atoms with Gasteiger partial charge in [0.15, 0.2) is 0 Å². The summed E-state index contributed by atoms with van der Waals surface area (Å²) in [6.45, 7) is 2.78. The van der Waals surface area contributed by atoms with Gasteiger partial charge in [0.05, 0.1) is 6.10 Å². The standard InChI is InChI=1S/C16H25N3OS/c1-18(2)14-7-9-19(10-8-14)11-15(20)12-3-5-13(6-4-12)16(17)21/h3-6,14-15,20H,7-11H2,1-2H3,(H2,17,21). The Hall–Kier alpha value is -1.01. The molecular formula is C16H25N3OS. The number of likely N-dealkylation sites (tertiary alicyclic amines) is 1. The van der Waals surface area contributed by atoms with E-state index in [-0.39, 0.29) is 0 Å². The van der Waals surface area contributed by atoms with Gasteiger partial charge in [0.2, 0.25) is 0 Å². The summed E-state index contributed by atoms with van der Waals surface area (Å²) < 4.78 is 0. The third-order valence-electron chi connectivity index (χ3n) is 4.30. The summed E-state index contributed by atoms with van der Waals surface area (Å²) >= 11 is 4.94. The van der Waals surface area contributed by atoms with E-state index in [4.69, 9.17) is 18.0 Å². The van der Waals surface area contributed by atoms with E-state index in [9.17, 15) is 5.11 Å². The Morgan fingerprint density at radius 3 is 2.38 bits per heavy atom. The number of thiocarbonyl (C=S) groups is 1. The molecule has 1 heterocycles. The maximum absolute atomic E-state index is 10.4. The van der Waals surface area contributed by atoms with Crippen LogP contribution in [0.15, 0.2) is 24.3 Å². The molecule has 1 saturated heterocycles. The monoisotopic (exact) mass is 307 g/mol. The quantitative estimate of drug-likeness (QED) is 0.805. The molecule has 0 spiro atoms. The first-order valence-electron chi connectivity index (χ1n) is 7.44. The molecule has 1 aromatic rings. The molecule has 3 N–H and O–H groups in total. The summed E-state index contributed by atoms with van der Waals surface area (Å²) in [6, 6.07) is 8.23. The predicted octanol–water partition coefficient (Wildman–Crippen LogP) is 1.38. The lowest BCUT2D eigenvalue weighted by Gasteiger charge is -2.36. The van der Waals surface area contributed by atoms with Gasteiger partial charge in [-0.25, -0.2) is 0 Å². The molecule has 1 fully saturated rings. The van der Waals surface area contributed by atoms with Crippen LogP contribution in [-0.2, 0) is 0 Å². The molecule has 0 bridgehead atoms. The highest BCUT2D eigenvalue weighted by Gasteiger charge is 2.22. The summed E-state index contributed by atoms with van der Waals surface area (Å²) in [7, 11) is 4.28. The number of benzene rings is 1. The summed E-state index contributed by atoms with van der Waals surface area (Å²) in [4.78, 5) is 5.02. The highest BCUT2D eigenvalue weighted by molar-refractivity contribution is 7.80. The van der Waals surface area contributed by atoms with E-state index in [1.54, 1.807) is 0 Å². The molecular weight excluding hydrogens is 282 g/mol. The molecule has 1 atom stereocenters. The van der Waals surface area contributed by atoms with Crippen LogP contribution in [0.3, 0.4) is 0 Å². The van der Waals surface area contributed by atoms with Gasteiger partial charge in [0, 0.05) is 18.2 Å². The minimum absolute atomic E-state index is 0.391. The molecule has 1 aromatic carbocycles. The molecule has 0 saturated carbocycles. The molecule has 21 heavy (non-hydrogen) atoms. The summed E-state index contributed by atoms with van der Waals surface area (Å²) in [5.74, 6) is 0. The number of β-amino-alcohol motifs (C(OH)–C–C–N with tert-alkyl or cyclic N) is 1. The van der Waals surface area contributed by atoms with Crippen molar-refractivity contribution < 1.29 is 5.11 Å². The molecule has 1 aliphatic heterocycles. The lowest BCUT2D eigenvalue weighted by molar-refractivity contribution is 0.0798. The number of nitrogens with zero attached hydrogens (tertiary/aromatic N) is 2. The second kappa shape index (κ2) is 7.31. The van der Waals surface area contributed by atoms with Crippen molar-refractivity contribution in [1.29, 1.82) is 0 Å². The van der Waals surface area contributed by atoms with Crippen molar-refractivity contribution in [3.63, 3.8) is 0 Å². The summed E-state index contributed by atoms with van der Waals surface area (Å²) in [6.07, 6.45) is 1.88. The Kier molecular flexibility index (Phi) is 5.70. The van der Waals surface area contributed by atoms with E-state index in [2.05, 4.69) is 23.9 Å². The zero-order valence-corrected chi connectivity index (χ0v) is 13.6. The first-order valence-corrected chi connectivity index (χ1v) is 7.85. The van der Waals surface area contributed by atoms with Crippen molar-refractivity contribution in [2.24, 2.45) is 5.73 Å². The van der Waals surface area contributed by atoms with E-state index in [1.165, 1.54) is 12.8 Å². The first kappa shape index (κ1) is 16.4. The molecule has 4 nitrogen and oxygen atoms in total. The van der Waals surface area contributed by atoms with Crippen LogP contribution in [0.2, 0.25) is 0 Å².